The molecule has 5 rings (SSSR count). The topological polar surface area (TPSA) is 94.2 Å². The first-order valence-electron chi connectivity index (χ1n) is 12.6. The van der Waals surface area contributed by atoms with Crippen LogP contribution < -0.4 is 5.32 Å². The maximum Gasteiger partial charge on any atom is 0.416 e. The zero-order chi connectivity index (χ0) is 27.9. The van der Waals surface area contributed by atoms with Gasteiger partial charge in [0.05, 0.1) is 31.9 Å². The normalized spacial score (nSPS) is 25.1. The van der Waals surface area contributed by atoms with Crippen LogP contribution in [-0.2, 0) is 15.7 Å². The van der Waals surface area contributed by atoms with Crippen LogP contribution in [-0.4, -0.2) is 76.5 Å². The molecule has 206 valence electrons. The summed E-state index contributed by atoms with van der Waals surface area (Å²) in [7, 11) is 0. The van der Waals surface area contributed by atoms with Gasteiger partial charge in [-0.15, -0.1) is 4.68 Å². The molecule has 12 heteroatoms. The highest BCUT2D eigenvalue weighted by molar-refractivity contribution is 6.16. The third-order valence-electron chi connectivity index (χ3n) is 7.36. The van der Waals surface area contributed by atoms with Crippen LogP contribution in [0, 0.1) is 11.7 Å². The van der Waals surface area contributed by atoms with Crippen molar-refractivity contribution in [3.05, 3.63) is 71.0 Å². The lowest BCUT2D eigenvalue weighted by Crippen LogP contribution is -2.63. The maximum absolute atomic E-state index is 14.0. The summed E-state index contributed by atoms with van der Waals surface area (Å²) in [6.45, 7) is 2.43. The second-order valence-corrected chi connectivity index (χ2v) is 9.64. The fraction of sp³-hybridized carbons (Fsp3) is 0.407. The number of carbonyl (C=O) groups excluding carboxylic acids is 2. The van der Waals surface area contributed by atoms with E-state index in [1.165, 1.54) is 35.2 Å². The zero-order valence-electron chi connectivity index (χ0n) is 21.0. The predicted octanol–water partition coefficient (Wildman–Crippen LogP) is 2.77. The van der Waals surface area contributed by atoms with Gasteiger partial charge < -0.3 is 15.2 Å². The number of carbonyl (C=O) groups is 2. The van der Waals surface area contributed by atoms with Crippen molar-refractivity contribution in [2.24, 2.45) is 11.0 Å². The minimum atomic E-state index is -4.65. The minimum absolute atomic E-state index is 0.168. The Balaban J connectivity index is 1.60. The Morgan fingerprint density at radius 2 is 1.97 bits per heavy atom. The molecule has 4 atom stereocenters. The number of nitrogens with one attached hydrogen (secondary N) is 1. The lowest BCUT2D eigenvalue weighted by atomic mass is 9.74. The van der Waals surface area contributed by atoms with Gasteiger partial charge in [0.25, 0.3) is 11.7 Å². The van der Waals surface area contributed by atoms with Crippen molar-refractivity contribution < 1.29 is 41.7 Å². The van der Waals surface area contributed by atoms with Crippen LogP contribution in [0.4, 0.5) is 17.6 Å². The Kier molecular flexibility index (Phi) is 7.25. The summed E-state index contributed by atoms with van der Waals surface area (Å²) in [5.41, 5.74) is -0.398. The molecule has 3 aliphatic rings. The first-order valence-corrected chi connectivity index (χ1v) is 12.6. The van der Waals surface area contributed by atoms with E-state index in [1.807, 2.05) is 0 Å². The number of aliphatic hydroxyl groups excluding tert-OH is 1. The van der Waals surface area contributed by atoms with E-state index in [0.717, 1.165) is 18.2 Å². The number of likely N-dealkylation sites (tertiary alicyclic amines) is 1. The summed E-state index contributed by atoms with van der Waals surface area (Å²) in [5, 5.41) is 17.6. The summed E-state index contributed by atoms with van der Waals surface area (Å²) >= 11 is 0. The average Bonchev–Trinajstić information content (AvgIpc) is 3.58. The molecule has 0 saturated carbocycles. The number of amides is 2. The van der Waals surface area contributed by atoms with E-state index in [2.05, 4.69) is 10.4 Å². The highest BCUT2D eigenvalue weighted by Gasteiger charge is 2.58. The van der Waals surface area contributed by atoms with Crippen molar-refractivity contribution in [3.8, 4) is 0 Å². The highest BCUT2D eigenvalue weighted by Crippen LogP contribution is 2.40. The number of alkyl halides is 3. The van der Waals surface area contributed by atoms with Gasteiger partial charge in [-0.05, 0) is 42.8 Å². The molecule has 0 aromatic heterocycles. The van der Waals surface area contributed by atoms with Gasteiger partial charge in [-0.25, -0.2) is 9.18 Å². The second-order valence-electron chi connectivity index (χ2n) is 9.64. The number of halogens is 4. The molecule has 2 unspecified atom stereocenters. The molecule has 8 nitrogen and oxygen atoms in total. The first-order chi connectivity index (χ1) is 18.6. The largest absolute Gasteiger partial charge is 0.416 e. The van der Waals surface area contributed by atoms with Gasteiger partial charge in [0, 0.05) is 17.9 Å². The molecule has 0 aliphatic carbocycles. The Labute approximate surface area is 221 Å². The van der Waals surface area contributed by atoms with Crippen molar-refractivity contribution in [2.45, 2.75) is 37.5 Å². The second kappa shape index (κ2) is 10.5. The molecule has 2 aromatic carbocycles. The third kappa shape index (κ3) is 4.94. The van der Waals surface area contributed by atoms with Gasteiger partial charge in [-0.2, -0.15) is 18.1 Å². The van der Waals surface area contributed by atoms with E-state index in [0.29, 0.717) is 36.7 Å². The Hall–Kier alpha value is -3.64. The van der Waals surface area contributed by atoms with E-state index in [-0.39, 0.29) is 18.2 Å². The Morgan fingerprint density at radius 1 is 1.23 bits per heavy atom. The molecule has 39 heavy (non-hydrogen) atoms. The monoisotopic (exact) mass is 547 g/mol. The summed E-state index contributed by atoms with van der Waals surface area (Å²) in [6.07, 6.45) is -4.00. The van der Waals surface area contributed by atoms with E-state index in [9.17, 15) is 32.3 Å². The lowest BCUT2D eigenvalue weighted by Gasteiger charge is -2.38. The number of amidine groups is 1. The molecule has 0 spiro atoms. The summed E-state index contributed by atoms with van der Waals surface area (Å²) in [5.74, 6) is -2.81. The fourth-order valence-electron chi connectivity index (χ4n) is 5.54. The molecule has 2 saturated heterocycles. The number of rotatable bonds is 6. The molecular weight excluding hydrogens is 520 g/mol. The molecule has 2 N–H and O–H groups in total. The molecule has 2 amide bonds. The number of likely N-dealkylation sites (N-methyl/N-ethyl adjacent to an activating group) is 1. The van der Waals surface area contributed by atoms with Gasteiger partial charge in [-0.1, -0.05) is 23.3 Å². The van der Waals surface area contributed by atoms with Crippen LogP contribution in [0.2, 0.25) is 0 Å². The average molecular weight is 548 g/mol. The van der Waals surface area contributed by atoms with Crippen molar-refractivity contribution >= 4 is 23.4 Å². The summed E-state index contributed by atoms with van der Waals surface area (Å²) < 4.78 is 60.9. The fourth-order valence-corrected chi connectivity index (χ4v) is 5.54. The highest BCUT2D eigenvalue weighted by atomic mass is 19.4. The SMILES string of the molecule is CCN1C(=O)[C@@H](NC(=O)c2cccc(C(F)(F)F)c2)[C@@H](c2ccc(F)cc2)C2C(CO)=N[N+](C3CCOC3)=C21. The van der Waals surface area contributed by atoms with Crippen molar-refractivity contribution in [1.82, 2.24) is 10.2 Å². The molecule has 3 aliphatic heterocycles. The molecular formula is C27H27F4N4O4+. The van der Waals surface area contributed by atoms with Crippen LogP contribution in [0.25, 0.3) is 0 Å². The number of ether oxygens (including phenoxy) is 1. The van der Waals surface area contributed by atoms with E-state index >= 15 is 0 Å². The van der Waals surface area contributed by atoms with E-state index in [4.69, 9.17) is 4.74 Å². The van der Waals surface area contributed by atoms with Gasteiger partial charge in [0.1, 0.15) is 29.5 Å². The van der Waals surface area contributed by atoms with Crippen molar-refractivity contribution in [2.75, 3.05) is 26.4 Å². The summed E-state index contributed by atoms with van der Waals surface area (Å²) in [6, 6.07) is 7.97. The number of hydrazone groups is 1. The minimum Gasteiger partial charge on any atom is -0.390 e. The van der Waals surface area contributed by atoms with Gasteiger partial charge in [-0.3, -0.25) is 4.79 Å². The quantitative estimate of drug-likeness (QED) is 0.430. The van der Waals surface area contributed by atoms with Gasteiger partial charge in [0.15, 0.2) is 0 Å². The zero-order valence-corrected chi connectivity index (χ0v) is 21.0. The predicted molar refractivity (Wildman–Crippen MR) is 132 cm³/mol. The molecule has 2 aromatic rings. The van der Waals surface area contributed by atoms with E-state index < -0.39 is 53.9 Å². The molecule has 0 radical (unpaired) electrons. The van der Waals surface area contributed by atoms with Crippen LogP contribution >= 0.6 is 0 Å². The number of nitrogens with zero attached hydrogens (tertiary/aromatic N) is 3. The van der Waals surface area contributed by atoms with Crippen LogP contribution in [0.15, 0.2) is 53.6 Å². The van der Waals surface area contributed by atoms with Crippen molar-refractivity contribution in [3.63, 3.8) is 0 Å². The number of fused-ring (bicyclic) bond motifs is 1. The smallest absolute Gasteiger partial charge is 0.390 e. The number of piperidine rings is 1. The van der Waals surface area contributed by atoms with E-state index in [1.54, 1.807) is 11.6 Å². The number of benzene rings is 2. The Morgan fingerprint density at radius 3 is 2.59 bits per heavy atom. The third-order valence-corrected chi connectivity index (χ3v) is 7.36. The standard InChI is InChI=1S/C27H26F4N4O4/c1-2-34-25-22(20(13-36)33-35(25)19-10-11-39-14-19)21(15-6-8-18(28)9-7-15)23(26(34)38)32-24(37)16-4-3-5-17(12-16)27(29,30)31/h3-9,12,19,21-23,36H,2,10-11,13-14H2,1H3/p+1/t19?,21-,22?,23-/m0/s1. The molecule has 0 bridgehead atoms. The molecule has 2 fully saturated rings. The van der Waals surface area contributed by atoms with Crippen LogP contribution in [0.3, 0.4) is 0 Å². The van der Waals surface area contributed by atoms with Gasteiger partial charge in [0.2, 0.25) is 0 Å². The maximum atomic E-state index is 14.0. The number of hydrogen-bond donors (Lipinski definition) is 2. The van der Waals surface area contributed by atoms with Gasteiger partial charge >= 0.3 is 12.1 Å². The lowest BCUT2D eigenvalue weighted by molar-refractivity contribution is -0.571. The summed E-state index contributed by atoms with van der Waals surface area (Å²) in [4.78, 5) is 28.7. The first kappa shape index (κ1) is 26.9. The Bertz CT molecular complexity index is 1340. The van der Waals surface area contributed by atoms with Crippen LogP contribution in [0.5, 0.6) is 0 Å². The number of aliphatic hydroxyl groups is 1. The van der Waals surface area contributed by atoms with Crippen LogP contribution in [0.1, 0.15) is 40.7 Å². The van der Waals surface area contributed by atoms with Crippen molar-refractivity contribution in [1.29, 1.82) is 0 Å². The number of hydrogen-bond acceptors (Lipinski definition) is 5. The molecule has 3 heterocycles.